The Labute approximate surface area is 266 Å². The summed E-state index contributed by atoms with van der Waals surface area (Å²) in [5.74, 6) is -19.1. The lowest BCUT2D eigenvalue weighted by atomic mass is 9.56. The summed E-state index contributed by atoms with van der Waals surface area (Å²) in [7, 11) is 0. The second-order valence-corrected chi connectivity index (χ2v) is 11.5. The molecule has 2 saturated heterocycles. The molecule has 47 heavy (non-hydrogen) atoms. The molecule has 19 nitrogen and oxygen atoms in total. The van der Waals surface area contributed by atoms with Crippen LogP contribution in [0.5, 0.6) is 0 Å². The molecule has 2 heterocycles. The average molecular weight is 679 g/mol. The lowest BCUT2D eigenvalue weighted by Crippen LogP contribution is -2.85. The number of hydrogen-bond donors (Lipinski definition) is 7. The lowest BCUT2D eigenvalue weighted by molar-refractivity contribution is -0.347. The number of ether oxygens (including phenoxy) is 4. The number of esters is 1. The molecule has 2 rings (SSSR count). The molecule has 0 radical (unpaired) electrons. The third-order valence-electron chi connectivity index (χ3n) is 8.73. The Kier molecular flexibility index (Phi) is 10.8. The van der Waals surface area contributed by atoms with E-state index in [1.165, 1.54) is 0 Å². The third kappa shape index (κ3) is 4.79. The van der Waals surface area contributed by atoms with Gasteiger partial charge in [-0.2, -0.15) is 0 Å². The Bertz CT molecular complexity index is 1370. The summed E-state index contributed by atoms with van der Waals surface area (Å²) in [6.45, 7) is 2.43. The number of hydrogen-bond acceptors (Lipinski definition) is 19. The molecule has 0 aromatic carbocycles. The van der Waals surface area contributed by atoms with E-state index in [9.17, 15) is 74.1 Å². The van der Waals surface area contributed by atoms with Crippen LogP contribution in [0.15, 0.2) is 0 Å². The second kappa shape index (κ2) is 12.7. The molecule has 0 spiro atoms. The molecule has 0 aromatic heterocycles. The molecule has 0 saturated carbocycles. The highest BCUT2D eigenvalue weighted by Gasteiger charge is 2.96. The molecule has 2 aliphatic rings. The minimum Gasteiger partial charge on any atom is -0.439 e. The fourth-order valence-electron chi connectivity index (χ4n) is 6.56. The summed E-state index contributed by atoms with van der Waals surface area (Å²) < 4.78 is 21.5. The smallest absolute Gasteiger partial charge is 0.304 e. The first-order chi connectivity index (χ1) is 21.2. The molecular formula is C28H38O19. The van der Waals surface area contributed by atoms with E-state index in [-0.39, 0.29) is 0 Å². The molecule has 7 N–H and O–H groups in total. The first-order valence-electron chi connectivity index (χ1n) is 13.9. The maximum absolute atomic E-state index is 14.1. The highest BCUT2D eigenvalue weighted by molar-refractivity contribution is 6.21. The van der Waals surface area contributed by atoms with Crippen molar-refractivity contribution in [1.82, 2.24) is 0 Å². The van der Waals surface area contributed by atoms with Gasteiger partial charge in [0, 0.05) is 6.92 Å². The van der Waals surface area contributed by atoms with Crippen molar-refractivity contribution in [3.8, 4) is 0 Å². The molecule has 2 aliphatic heterocycles. The van der Waals surface area contributed by atoms with Crippen molar-refractivity contribution in [3.05, 3.63) is 0 Å². The molecule has 0 aromatic rings. The number of rotatable bonds is 13. The van der Waals surface area contributed by atoms with Crippen molar-refractivity contribution < 1.29 is 93.0 Å². The van der Waals surface area contributed by atoms with Crippen molar-refractivity contribution in [1.29, 1.82) is 0 Å². The van der Waals surface area contributed by atoms with Crippen LogP contribution < -0.4 is 0 Å². The van der Waals surface area contributed by atoms with Crippen LogP contribution in [0.25, 0.3) is 0 Å². The Morgan fingerprint density at radius 3 is 1.49 bits per heavy atom. The molecule has 0 aliphatic carbocycles. The molecule has 0 bridgehead atoms. The molecule has 1 unspecified atom stereocenters. The van der Waals surface area contributed by atoms with Gasteiger partial charge >= 0.3 is 5.97 Å². The van der Waals surface area contributed by atoms with Crippen LogP contribution in [0.1, 0.15) is 55.4 Å². The van der Waals surface area contributed by atoms with Gasteiger partial charge in [0.05, 0.1) is 6.61 Å². The summed E-state index contributed by atoms with van der Waals surface area (Å²) in [6.07, 6.45) is -11.6. The number of aliphatic hydroxyl groups is 7. The molecular weight excluding hydrogens is 640 g/mol. The summed E-state index contributed by atoms with van der Waals surface area (Å²) >= 11 is 0. The quantitative estimate of drug-likeness (QED) is 0.0707. The summed E-state index contributed by atoms with van der Waals surface area (Å²) in [5.41, 5.74) is -21.1. The average Bonchev–Trinajstić information content (AvgIpc) is 3.14. The van der Waals surface area contributed by atoms with Crippen LogP contribution in [0, 0.1) is 0 Å². The van der Waals surface area contributed by atoms with E-state index in [4.69, 9.17) is 18.9 Å². The van der Waals surface area contributed by atoms with Gasteiger partial charge in [0.2, 0.25) is 22.4 Å². The minimum absolute atomic E-state index is 0.356. The van der Waals surface area contributed by atoms with Crippen molar-refractivity contribution in [2.75, 3.05) is 6.61 Å². The van der Waals surface area contributed by atoms with Gasteiger partial charge in [0.1, 0.15) is 24.4 Å². The first-order valence-corrected chi connectivity index (χ1v) is 13.9. The molecule has 0 amide bonds. The maximum atomic E-state index is 14.1. The van der Waals surface area contributed by atoms with Crippen molar-refractivity contribution in [3.63, 3.8) is 0 Å². The van der Waals surface area contributed by atoms with Gasteiger partial charge in [-0.1, -0.05) is 0 Å². The number of ketones is 7. The van der Waals surface area contributed by atoms with E-state index in [2.05, 4.69) is 0 Å². The van der Waals surface area contributed by atoms with Gasteiger partial charge in [-0.25, -0.2) is 0 Å². The maximum Gasteiger partial charge on any atom is 0.304 e. The number of aliphatic hydroxyl groups excluding tert-OH is 4. The van der Waals surface area contributed by atoms with Crippen LogP contribution >= 0.6 is 0 Å². The Hall–Kier alpha value is -3.24. The van der Waals surface area contributed by atoms with Gasteiger partial charge in [-0.15, -0.1) is 0 Å². The Balaban J connectivity index is 3.52. The first kappa shape index (κ1) is 39.9. The van der Waals surface area contributed by atoms with E-state index < -0.39 is 118 Å². The summed E-state index contributed by atoms with van der Waals surface area (Å²) in [5, 5.41) is 77.5. The van der Waals surface area contributed by atoms with E-state index in [1.54, 1.807) is 0 Å². The largest absolute Gasteiger partial charge is 0.439 e. The van der Waals surface area contributed by atoms with Crippen LogP contribution in [0.2, 0.25) is 0 Å². The molecule has 9 atom stereocenters. The lowest BCUT2D eigenvalue weighted by Gasteiger charge is -2.53. The van der Waals surface area contributed by atoms with Crippen molar-refractivity contribution >= 4 is 46.5 Å². The zero-order valence-electron chi connectivity index (χ0n) is 26.6. The molecule has 264 valence electrons. The summed E-state index contributed by atoms with van der Waals surface area (Å²) in [6, 6.07) is 0. The fourth-order valence-corrected chi connectivity index (χ4v) is 6.56. The van der Waals surface area contributed by atoms with Gasteiger partial charge in [0.15, 0.2) is 46.8 Å². The van der Waals surface area contributed by atoms with E-state index in [0.29, 0.717) is 55.4 Å². The highest BCUT2D eigenvalue weighted by Crippen LogP contribution is 2.63. The number of carbonyl (C=O) groups excluding carboxylic acids is 8. The predicted molar refractivity (Wildman–Crippen MR) is 146 cm³/mol. The molecule has 19 heteroatoms. The van der Waals surface area contributed by atoms with Crippen LogP contribution in [-0.2, 0) is 57.3 Å². The fraction of sp³-hybridized carbons (Fsp3) is 0.714. The van der Waals surface area contributed by atoms with Crippen molar-refractivity contribution in [2.24, 2.45) is 0 Å². The van der Waals surface area contributed by atoms with E-state index in [1.807, 2.05) is 0 Å². The van der Waals surface area contributed by atoms with Crippen LogP contribution in [-0.4, -0.2) is 153 Å². The van der Waals surface area contributed by atoms with E-state index >= 15 is 0 Å². The number of Topliss-reactive ketones (excluding diaryl/α,β-unsaturated/α-hetero) is 7. The standard InChI is InChI=1S/C28H38O19/c1-10(30)23(41,11(2)31)28(43)25(42,14(5)34)27(16(7)36,46-22-21(40)20(39)19(38)18(9-29)44-22)26(47-28,15(6)35)24(12(3)32,13(4)33)45-17(8)37/h18-22,29,38-43H,9H2,1-8H3/t18-,19+,20+,21-,22?,25-,26-,27+,28-/m1/s1. The predicted octanol–water partition coefficient (Wildman–Crippen LogP) is -5.11. The number of carbonyl (C=O) groups is 8. The highest BCUT2D eigenvalue weighted by atomic mass is 16.8. The second-order valence-electron chi connectivity index (χ2n) is 11.5. The monoisotopic (exact) mass is 678 g/mol. The topological polar surface area (TPSA) is 315 Å². The summed E-state index contributed by atoms with van der Waals surface area (Å²) in [4.78, 5) is 107. The third-order valence-corrected chi connectivity index (χ3v) is 8.73. The zero-order valence-corrected chi connectivity index (χ0v) is 26.6. The SMILES string of the molecule is CC(=O)OC(C(C)=O)(C(C)=O)[C@@]1(C(C)=O)O[C@](O)(C(O)(C(C)=O)C(C)=O)[C@@](O)(C(C)=O)[C@@]1(OC1O[C@H](CO)[C@H](O)[C@H](O)[C@H]1O)C(C)=O. The van der Waals surface area contributed by atoms with Gasteiger partial charge < -0.3 is 54.7 Å². The Morgan fingerprint density at radius 2 is 1.17 bits per heavy atom. The van der Waals surface area contributed by atoms with Gasteiger partial charge in [-0.05, 0) is 48.5 Å². The minimum atomic E-state index is -4.62. The Morgan fingerprint density at radius 1 is 0.702 bits per heavy atom. The van der Waals surface area contributed by atoms with Gasteiger partial charge in [0.25, 0.3) is 11.4 Å². The van der Waals surface area contributed by atoms with Crippen molar-refractivity contribution in [2.45, 2.75) is 120 Å². The van der Waals surface area contributed by atoms with Crippen LogP contribution in [0.4, 0.5) is 0 Å². The zero-order chi connectivity index (χ0) is 37.0. The van der Waals surface area contributed by atoms with Crippen LogP contribution in [0.3, 0.4) is 0 Å². The molecule has 2 fully saturated rings. The van der Waals surface area contributed by atoms with Gasteiger partial charge in [-0.3, -0.25) is 38.4 Å². The normalized spacial score (nSPS) is 35.9. The van der Waals surface area contributed by atoms with E-state index in [0.717, 1.165) is 0 Å².